The first-order valence-electron chi connectivity index (χ1n) is 11.4. The summed E-state index contributed by atoms with van der Waals surface area (Å²) in [5, 5.41) is 9.52. The van der Waals surface area contributed by atoms with Gasteiger partial charge in [-0.2, -0.15) is 0 Å². The Hall–Kier alpha value is -1.54. The molecule has 8 heteroatoms. The van der Waals surface area contributed by atoms with E-state index in [9.17, 15) is 14.7 Å². The van der Waals surface area contributed by atoms with Crippen LogP contribution < -0.4 is 0 Å². The second-order valence-electron chi connectivity index (χ2n) is 10.4. The number of aliphatic hydroxyl groups is 1. The van der Waals surface area contributed by atoms with Crippen LogP contribution in [-0.2, 0) is 14.2 Å². The normalized spacial score (nSPS) is 23.7. The fraction of sp³-hybridized carbons (Fsp3) is 0.913. The van der Waals surface area contributed by atoms with E-state index in [2.05, 4.69) is 0 Å². The summed E-state index contributed by atoms with van der Waals surface area (Å²) in [5.41, 5.74) is -0.899. The van der Waals surface area contributed by atoms with Gasteiger partial charge in [-0.1, -0.05) is 0 Å². The highest BCUT2D eigenvalue weighted by Crippen LogP contribution is 2.24. The molecular weight excluding hydrogens is 400 g/mol. The molecular formula is C23H44N2O6. The summed E-state index contributed by atoms with van der Waals surface area (Å²) < 4.78 is 16.0. The number of hydrogen-bond acceptors (Lipinski definition) is 6. The molecule has 4 atom stereocenters. The van der Waals surface area contributed by atoms with Crippen molar-refractivity contribution in [3.63, 3.8) is 0 Å². The SMILES string of the molecule is CC(O)C1CCCN1C(=O)OC(C)(C)C.COC(C)C1CCCN1C(=O)OC(C)(C)C. The van der Waals surface area contributed by atoms with Gasteiger partial charge in [0.25, 0.3) is 0 Å². The topological polar surface area (TPSA) is 88.5 Å². The molecule has 0 spiro atoms. The molecule has 4 unspecified atom stereocenters. The van der Waals surface area contributed by atoms with Gasteiger partial charge in [0.05, 0.1) is 24.3 Å². The zero-order chi connectivity index (χ0) is 24.0. The summed E-state index contributed by atoms with van der Waals surface area (Å²) in [5.74, 6) is 0. The first-order valence-corrected chi connectivity index (χ1v) is 11.4. The zero-order valence-electron chi connectivity index (χ0n) is 20.9. The van der Waals surface area contributed by atoms with Crippen LogP contribution in [0.4, 0.5) is 9.59 Å². The van der Waals surface area contributed by atoms with Crippen molar-refractivity contribution in [2.45, 2.75) is 117 Å². The van der Waals surface area contributed by atoms with Crippen molar-refractivity contribution in [2.24, 2.45) is 0 Å². The molecule has 2 rings (SSSR count). The van der Waals surface area contributed by atoms with Crippen LogP contribution in [0.15, 0.2) is 0 Å². The Morgan fingerprint density at radius 2 is 1.23 bits per heavy atom. The lowest BCUT2D eigenvalue weighted by molar-refractivity contribution is -0.000630. The van der Waals surface area contributed by atoms with Crippen LogP contribution in [0.1, 0.15) is 81.1 Å². The van der Waals surface area contributed by atoms with Crippen LogP contribution in [0.3, 0.4) is 0 Å². The molecule has 0 bridgehead atoms. The Labute approximate surface area is 188 Å². The molecule has 0 aromatic heterocycles. The van der Waals surface area contributed by atoms with Crippen molar-refractivity contribution >= 4 is 12.2 Å². The average molecular weight is 445 g/mol. The lowest BCUT2D eigenvalue weighted by atomic mass is 10.1. The highest BCUT2D eigenvalue weighted by atomic mass is 16.6. The molecule has 8 nitrogen and oxygen atoms in total. The van der Waals surface area contributed by atoms with Gasteiger partial charge < -0.3 is 29.1 Å². The highest BCUT2D eigenvalue weighted by molar-refractivity contribution is 5.69. The smallest absolute Gasteiger partial charge is 0.410 e. The second-order valence-corrected chi connectivity index (χ2v) is 10.4. The van der Waals surface area contributed by atoms with Crippen molar-refractivity contribution < 1.29 is 28.9 Å². The number of carbonyl (C=O) groups excluding carboxylic acids is 2. The Kier molecular flexibility index (Phi) is 10.1. The van der Waals surface area contributed by atoms with E-state index < -0.39 is 17.3 Å². The third kappa shape index (κ3) is 9.23. The molecule has 2 heterocycles. The second kappa shape index (κ2) is 11.4. The van der Waals surface area contributed by atoms with Gasteiger partial charge in [-0.15, -0.1) is 0 Å². The van der Waals surface area contributed by atoms with Gasteiger partial charge in [-0.05, 0) is 81.1 Å². The molecule has 0 aromatic rings. The molecule has 2 saturated heterocycles. The fourth-order valence-corrected chi connectivity index (χ4v) is 3.83. The standard InChI is InChI=1S/C12H23NO3.C11H21NO3/c1-9(15-5)10-7-6-8-13(10)11(14)16-12(2,3)4;1-8(13)9-6-5-7-12(9)10(14)15-11(2,3)4/h9-10H,6-8H2,1-5H3;8-9,13H,5-7H2,1-4H3. The van der Waals surface area contributed by atoms with Crippen molar-refractivity contribution in [1.29, 1.82) is 0 Å². The van der Waals surface area contributed by atoms with Crippen LogP contribution in [0.25, 0.3) is 0 Å². The molecule has 2 aliphatic heterocycles. The lowest BCUT2D eigenvalue weighted by Crippen LogP contribution is -2.44. The van der Waals surface area contributed by atoms with E-state index in [1.165, 1.54) is 0 Å². The van der Waals surface area contributed by atoms with Crippen molar-refractivity contribution in [3.8, 4) is 0 Å². The first-order chi connectivity index (χ1) is 14.2. The monoisotopic (exact) mass is 444 g/mol. The van der Waals surface area contributed by atoms with Gasteiger partial charge in [-0.25, -0.2) is 9.59 Å². The molecule has 0 aliphatic carbocycles. The van der Waals surface area contributed by atoms with E-state index in [4.69, 9.17) is 14.2 Å². The van der Waals surface area contributed by atoms with Crippen LogP contribution >= 0.6 is 0 Å². The van der Waals surface area contributed by atoms with E-state index in [-0.39, 0.29) is 30.4 Å². The van der Waals surface area contributed by atoms with Crippen molar-refractivity contribution in [1.82, 2.24) is 9.80 Å². The number of amides is 2. The molecule has 2 amide bonds. The van der Waals surface area contributed by atoms with Crippen LogP contribution in [0.5, 0.6) is 0 Å². The minimum Gasteiger partial charge on any atom is -0.444 e. The fourth-order valence-electron chi connectivity index (χ4n) is 3.83. The van der Waals surface area contributed by atoms with E-state index >= 15 is 0 Å². The number of rotatable bonds is 3. The maximum atomic E-state index is 11.9. The highest BCUT2D eigenvalue weighted by Gasteiger charge is 2.36. The van der Waals surface area contributed by atoms with Gasteiger partial charge in [-0.3, -0.25) is 0 Å². The third-order valence-corrected chi connectivity index (χ3v) is 5.32. The Balaban J connectivity index is 0.000000311. The van der Waals surface area contributed by atoms with E-state index in [1.807, 2.05) is 48.5 Å². The summed E-state index contributed by atoms with van der Waals surface area (Å²) in [7, 11) is 1.68. The molecule has 2 fully saturated rings. The minimum atomic E-state index is -0.486. The Morgan fingerprint density at radius 3 is 1.58 bits per heavy atom. The van der Waals surface area contributed by atoms with Gasteiger partial charge in [0.15, 0.2) is 0 Å². The van der Waals surface area contributed by atoms with E-state index in [1.54, 1.807) is 23.8 Å². The number of carbonyl (C=O) groups is 2. The number of ether oxygens (including phenoxy) is 3. The number of methoxy groups -OCH3 is 1. The maximum Gasteiger partial charge on any atom is 0.410 e. The lowest BCUT2D eigenvalue weighted by Gasteiger charge is -2.31. The van der Waals surface area contributed by atoms with Gasteiger partial charge in [0, 0.05) is 20.2 Å². The van der Waals surface area contributed by atoms with Gasteiger partial charge >= 0.3 is 12.2 Å². The van der Waals surface area contributed by atoms with Crippen molar-refractivity contribution in [3.05, 3.63) is 0 Å². The molecule has 2 aliphatic rings. The summed E-state index contributed by atoms with van der Waals surface area (Å²) in [4.78, 5) is 27.1. The largest absolute Gasteiger partial charge is 0.444 e. The Morgan fingerprint density at radius 1 is 0.839 bits per heavy atom. The van der Waals surface area contributed by atoms with Gasteiger partial charge in [0.1, 0.15) is 11.2 Å². The third-order valence-electron chi connectivity index (χ3n) is 5.32. The van der Waals surface area contributed by atoms with Crippen LogP contribution in [0.2, 0.25) is 0 Å². The quantitative estimate of drug-likeness (QED) is 0.702. The molecule has 0 radical (unpaired) electrons. The van der Waals surface area contributed by atoms with E-state index in [0.29, 0.717) is 6.54 Å². The number of likely N-dealkylation sites (tertiary alicyclic amines) is 2. The average Bonchev–Trinajstić information content (AvgIpc) is 3.28. The first kappa shape index (κ1) is 27.5. The number of aliphatic hydroxyl groups excluding tert-OH is 1. The zero-order valence-corrected chi connectivity index (χ0v) is 20.9. The molecule has 182 valence electrons. The van der Waals surface area contributed by atoms with Crippen LogP contribution in [-0.4, -0.2) is 82.8 Å². The summed E-state index contributed by atoms with van der Waals surface area (Å²) in [6.45, 7) is 16.4. The number of hydrogen-bond donors (Lipinski definition) is 1. The van der Waals surface area contributed by atoms with E-state index in [0.717, 1.165) is 32.2 Å². The summed E-state index contributed by atoms with van der Waals surface area (Å²) in [6.07, 6.45) is 2.86. The van der Waals surface area contributed by atoms with Crippen molar-refractivity contribution in [2.75, 3.05) is 20.2 Å². The molecule has 0 saturated carbocycles. The molecule has 1 N–H and O–H groups in total. The Bertz CT molecular complexity index is 582. The summed E-state index contributed by atoms with van der Waals surface area (Å²) in [6, 6.07) is 0.0692. The molecule has 0 aromatic carbocycles. The predicted octanol–water partition coefficient (Wildman–Crippen LogP) is 4.19. The minimum absolute atomic E-state index is 0.0648. The van der Waals surface area contributed by atoms with Crippen LogP contribution in [0, 0.1) is 0 Å². The predicted molar refractivity (Wildman–Crippen MR) is 120 cm³/mol. The maximum absolute atomic E-state index is 11.9. The number of nitrogens with zero attached hydrogens (tertiary/aromatic N) is 2. The summed E-state index contributed by atoms with van der Waals surface area (Å²) >= 11 is 0. The van der Waals surface area contributed by atoms with Gasteiger partial charge in [0.2, 0.25) is 0 Å². The molecule has 31 heavy (non-hydrogen) atoms.